The zero-order chi connectivity index (χ0) is 23.8. The van der Waals surface area contributed by atoms with E-state index in [0.717, 1.165) is 46.7 Å². The van der Waals surface area contributed by atoms with Crippen molar-refractivity contribution in [2.24, 2.45) is 0 Å². The minimum atomic E-state index is 0.321. The van der Waals surface area contributed by atoms with E-state index in [1.54, 1.807) is 12.2 Å². The van der Waals surface area contributed by atoms with Crippen molar-refractivity contribution in [3.8, 4) is 17.2 Å². The fourth-order valence-corrected chi connectivity index (χ4v) is 3.82. The molecular formula is C28H31N5. The van der Waals surface area contributed by atoms with E-state index >= 15 is 0 Å². The van der Waals surface area contributed by atoms with Crippen LogP contribution in [0.15, 0.2) is 85.0 Å². The molecular weight excluding hydrogens is 406 g/mol. The zero-order valence-corrected chi connectivity index (χ0v) is 19.5. The lowest BCUT2D eigenvalue weighted by atomic mass is 9.96. The Morgan fingerprint density at radius 2 is 1.88 bits per heavy atom. The van der Waals surface area contributed by atoms with Crippen molar-refractivity contribution in [1.82, 2.24) is 10.3 Å². The topological polar surface area (TPSA) is 75.8 Å². The third-order valence-corrected chi connectivity index (χ3v) is 5.80. The lowest BCUT2D eigenvalue weighted by Crippen LogP contribution is -2.29. The largest absolute Gasteiger partial charge is 0.370 e. The van der Waals surface area contributed by atoms with Gasteiger partial charge in [-0.1, -0.05) is 31.4 Å². The summed E-state index contributed by atoms with van der Waals surface area (Å²) >= 11 is 0. The van der Waals surface area contributed by atoms with Crippen LogP contribution in [-0.2, 0) is 0 Å². The number of allylic oxidation sites excluding steroid dienone is 5. The standard InChI is InChI=1S/C28H31N5/c1-5-25(12-9-20(2)17-29)32-22(4)28(30)27-16-23(11-10-21(27)3)24-15-26(19-31-18-24)33-13-7-6-8-14-33/h5,9-12,15-16,18-19,30,32H,2,4,6-8,13-14H2,1,3H3/b12-9-,25-5+,30-28?. The number of pyridine rings is 1. The third kappa shape index (κ3) is 6.08. The van der Waals surface area contributed by atoms with Gasteiger partial charge in [-0.3, -0.25) is 10.4 Å². The molecule has 1 aromatic carbocycles. The smallest absolute Gasteiger partial charge is 0.0985 e. The van der Waals surface area contributed by atoms with Gasteiger partial charge in [0.25, 0.3) is 0 Å². The average Bonchev–Trinajstić information content (AvgIpc) is 2.86. The van der Waals surface area contributed by atoms with Crippen LogP contribution < -0.4 is 10.2 Å². The number of hydrogen-bond acceptors (Lipinski definition) is 5. The second-order valence-corrected chi connectivity index (χ2v) is 8.20. The van der Waals surface area contributed by atoms with Crippen LogP contribution in [-0.4, -0.2) is 23.8 Å². The summed E-state index contributed by atoms with van der Waals surface area (Å²) in [5.41, 5.74) is 6.94. The average molecular weight is 438 g/mol. The number of nitriles is 1. The van der Waals surface area contributed by atoms with Crippen LogP contribution in [0.2, 0.25) is 0 Å². The highest BCUT2D eigenvalue weighted by atomic mass is 15.1. The Kier molecular flexibility index (Phi) is 7.99. The first-order valence-electron chi connectivity index (χ1n) is 11.2. The first kappa shape index (κ1) is 23.7. The van der Waals surface area contributed by atoms with Gasteiger partial charge in [0, 0.05) is 41.7 Å². The summed E-state index contributed by atoms with van der Waals surface area (Å²) in [5, 5.41) is 20.8. The molecule has 3 rings (SSSR count). The lowest BCUT2D eigenvalue weighted by molar-refractivity contribution is 0.577. The minimum absolute atomic E-state index is 0.321. The van der Waals surface area contributed by atoms with Crippen molar-refractivity contribution in [2.45, 2.75) is 33.1 Å². The van der Waals surface area contributed by atoms with Gasteiger partial charge < -0.3 is 10.2 Å². The lowest BCUT2D eigenvalue weighted by Gasteiger charge is -2.28. The van der Waals surface area contributed by atoms with Crippen molar-refractivity contribution < 1.29 is 0 Å². The summed E-state index contributed by atoms with van der Waals surface area (Å²) in [6, 6.07) is 10.3. The summed E-state index contributed by atoms with van der Waals surface area (Å²) in [6.07, 6.45) is 12.8. The quantitative estimate of drug-likeness (QED) is 0.299. The number of anilines is 1. The molecule has 0 amide bonds. The van der Waals surface area contributed by atoms with Crippen LogP contribution in [0.5, 0.6) is 0 Å². The van der Waals surface area contributed by atoms with Crippen LogP contribution in [0.25, 0.3) is 11.1 Å². The van der Waals surface area contributed by atoms with E-state index in [9.17, 15) is 0 Å². The SMILES string of the molecule is C=C(C#N)/C=C\C(=C/C)NC(=C)C(=N)c1cc(-c2cncc(N3CCCCC3)c2)ccc1C. The molecule has 1 aliphatic heterocycles. The summed E-state index contributed by atoms with van der Waals surface area (Å²) in [6.45, 7) is 13.7. The molecule has 0 bridgehead atoms. The van der Waals surface area contributed by atoms with E-state index in [2.05, 4.69) is 40.5 Å². The highest BCUT2D eigenvalue weighted by Crippen LogP contribution is 2.27. The maximum Gasteiger partial charge on any atom is 0.0985 e. The number of aromatic nitrogens is 1. The second kappa shape index (κ2) is 11.1. The molecule has 0 spiro atoms. The number of nitrogens with one attached hydrogen (secondary N) is 2. The monoisotopic (exact) mass is 437 g/mol. The number of aryl methyl sites for hydroxylation is 1. The van der Waals surface area contributed by atoms with Crippen molar-refractivity contribution in [2.75, 3.05) is 18.0 Å². The molecule has 1 aliphatic rings. The van der Waals surface area contributed by atoms with Gasteiger partial charge in [-0.15, -0.1) is 0 Å². The number of nitrogens with zero attached hydrogens (tertiary/aromatic N) is 3. The molecule has 5 nitrogen and oxygen atoms in total. The second-order valence-electron chi connectivity index (χ2n) is 8.20. The Morgan fingerprint density at radius 3 is 2.58 bits per heavy atom. The highest BCUT2D eigenvalue weighted by Gasteiger charge is 2.14. The van der Waals surface area contributed by atoms with Crippen molar-refractivity contribution in [3.63, 3.8) is 0 Å². The molecule has 33 heavy (non-hydrogen) atoms. The Labute approximate surface area is 197 Å². The Morgan fingerprint density at radius 1 is 1.12 bits per heavy atom. The van der Waals surface area contributed by atoms with Crippen LogP contribution in [0.3, 0.4) is 0 Å². The van der Waals surface area contributed by atoms with Gasteiger partial charge in [0.15, 0.2) is 0 Å². The van der Waals surface area contributed by atoms with Crippen molar-refractivity contribution >= 4 is 11.4 Å². The number of hydrogen-bond donors (Lipinski definition) is 2. The molecule has 5 heteroatoms. The maximum absolute atomic E-state index is 8.88. The van der Waals surface area contributed by atoms with Gasteiger partial charge in [0.05, 0.1) is 29.4 Å². The highest BCUT2D eigenvalue weighted by molar-refractivity contribution is 6.11. The molecule has 1 fully saturated rings. The first-order valence-corrected chi connectivity index (χ1v) is 11.2. The van der Waals surface area contributed by atoms with Gasteiger partial charge >= 0.3 is 0 Å². The Bertz CT molecular complexity index is 1160. The fourth-order valence-electron chi connectivity index (χ4n) is 3.82. The van der Waals surface area contributed by atoms with Gasteiger partial charge in [-0.2, -0.15) is 5.26 Å². The van der Waals surface area contributed by atoms with E-state index in [1.165, 1.54) is 19.3 Å². The predicted octanol–water partition coefficient (Wildman–Crippen LogP) is 6.06. The van der Waals surface area contributed by atoms with Crippen molar-refractivity contribution in [1.29, 1.82) is 10.7 Å². The first-order chi connectivity index (χ1) is 15.9. The van der Waals surface area contributed by atoms with E-state index in [0.29, 0.717) is 17.0 Å². The number of piperidine rings is 1. The van der Waals surface area contributed by atoms with E-state index in [1.807, 2.05) is 50.5 Å². The van der Waals surface area contributed by atoms with Crippen LogP contribution in [0, 0.1) is 23.7 Å². The minimum Gasteiger partial charge on any atom is -0.370 e. The van der Waals surface area contributed by atoms with Gasteiger partial charge in [0.2, 0.25) is 0 Å². The number of rotatable bonds is 8. The van der Waals surface area contributed by atoms with Crippen molar-refractivity contribution in [3.05, 3.63) is 96.1 Å². The third-order valence-electron chi connectivity index (χ3n) is 5.80. The summed E-state index contributed by atoms with van der Waals surface area (Å²) in [4.78, 5) is 6.89. The Balaban J connectivity index is 1.82. The van der Waals surface area contributed by atoms with E-state index < -0.39 is 0 Å². The molecule has 0 radical (unpaired) electrons. The van der Waals surface area contributed by atoms with Gasteiger partial charge in [-0.05, 0) is 68.5 Å². The fraction of sp³-hybridized carbons (Fsp3) is 0.250. The molecule has 2 aromatic rings. The molecule has 2 heterocycles. The van der Waals surface area contributed by atoms with Gasteiger partial charge in [0.1, 0.15) is 0 Å². The van der Waals surface area contributed by atoms with Crippen LogP contribution in [0.1, 0.15) is 37.3 Å². The molecule has 2 N–H and O–H groups in total. The number of benzene rings is 1. The Hall–Kier alpha value is -3.91. The van der Waals surface area contributed by atoms with Crippen LogP contribution in [0.4, 0.5) is 5.69 Å². The zero-order valence-electron chi connectivity index (χ0n) is 19.5. The van der Waals surface area contributed by atoms with Crippen LogP contribution >= 0.6 is 0 Å². The molecule has 0 unspecified atom stereocenters. The summed E-state index contributed by atoms with van der Waals surface area (Å²) in [7, 11) is 0. The summed E-state index contributed by atoms with van der Waals surface area (Å²) < 4.78 is 0. The maximum atomic E-state index is 8.88. The van der Waals surface area contributed by atoms with E-state index in [-0.39, 0.29) is 0 Å². The molecule has 1 aromatic heterocycles. The van der Waals surface area contributed by atoms with Gasteiger partial charge in [-0.25, -0.2) is 0 Å². The summed E-state index contributed by atoms with van der Waals surface area (Å²) in [5.74, 6) is 0. The molecule has 0 aliphatic carbocycles. The molecule has 0 saturated carbocycles. The normalized spacial score (nSPS) is 14.1. The molecule has 1 saturated heterocycles. The van der Waals surface area contributed by atoms with E-state index in [4.69, 9.17) is 10.7 Å². The molecule has 168 valence electrons. The molecule has 0 atom stereocenters. The predicted molar refractivity (Wildman–Crippen MR) is 137 cm³/mol.